The first-order valence-electron chi connectivity index (χ1n) is 24.5. The van der Waals surface area contributed by atoms with Crippen LogP contribution in [0.1, 0.15) is 264 Å². The molecule has 1 amide bonds. The second-order valence-corrected chi connectivity index (χ2v) is 18.6. The highest BCUT2D eigenvalue weighted by Crippen LogP contribution is 2.17. The van der Waals surface area contributed by atoms with Crippen LogP contribution in [0.5, 0.6) is 0 Å². The van der Waals surface area contributed by atoms with E-state index in [0.717, 1.165) is 38.5 Å². The summed E-state index contributed by atoms with van der Waals surface area (Å²) < 4.78 is 32.6. The summed E-state index contributed by atoms with van der Waals surface area (Å²) in [5.41, 5.74) is 0. The predicted molar refractivity (Wildman–Crippen MR) is 244 cm³/mol. The second-order valence-electron chi connectivity index (χ2n) is 17.1. The number of aliphatic hydroxyl groups excluding tert-OH is 1. The fourth-order valence-corrected chi connectivity index (χ4v) is 8.44. The first-order valence-corrected chi connectivity index (χ1v) is 26.1. The number of allylic oxidation sites excluding steroid dienone is 3. The summed E-state index contributed by atoms with van der Waals surface area (Å²) in [6.07, 6.45) is 56.2. The van der Waals surface area contributed by atoms with Crippen molar-refractivity contribution < 1.29 is 22.9 Å². The van der Waals surface area contributed by atoms with Crippen molar-refractivity contribution in [1.29, 1.82) is 0 Å². The van der Waals surface area contributed by atoms with Gasteiger partial charge in [-0.15, -0.1) is 0 Å². The number of hydrogen-bond donors (Lipinski definition) is 3. The Bertz CT molecular complexity index is 981. The van der Waals surface area contributed by atoms with Crippen LogP contribution in [0.3, 0.4) is 0 Å². The molecule has 0 saturated carbocycles. The first kappa shape index (κ1) is 54.8. The lowest BCUT2D eigenvalue weighted by Crippen LogP contribution is -2.46. The molecular formula is C49H95NO5S. The van der Waals surface area contributed by atoms with E-state index in [1.807, 2.05) is 6.08 Å². The van der Waals surface area contributed by atoms with Gasteiger partial charge in [-0.25, -0.2) is 0 Å². The van der Waals surface area contributed by atoms with Crippen molar-refractivity contribution in [3.63, 3.8) is 0 Å². The average Bonchev–Trinajstić information content (AvgIpc) is 3.16. The zero-order valence-corrected chi connectivity index (χ0v) is 38.1. The van der Waals surface area contributed by atoms with Gasteiger partial charge < -0.3 is 10.4 Å². The van der Waals surface area contributed by atoms with Crippen molar-refractivity contribution in [2.24, 2.45) is 0 Å². The lowest BCUT2D eigenvalue weighted by molar-refractivity contribution is -0.122. The van der Waals surface area contributed by atoms with Crippen LogP contribution in [-0.2, 0) is 14.9 Å². The zero-order chi connectivity index (χ0) is 41.1. The number of rotatable bonds is 45. The molecule has 0 saturated heterocycles. The van der Waals surface area contributed by atoms with Gasteiger partial charge in [0.15, 0.2) is 0 Å². The molecule has 0 aromatic carbocycles. The van der Waals surface area contributed by atoms with Crippen molar-refractivity contribution in [3.05, 3.63) is 24.3 Å². The Balaban J connectivity index is 3.80. The molecular weight excluding hydrogens is 715 g/mol. The van der Waals surface area contributed by atoms with E-state index < -0.39 is 28.0 Å². The number of unbranched alkanes of at least 4 members (excludes halogenated alkanes) is 35. The van der Waals surface area contributed by atoms with Crippen LogP contribution in [0.2, 0.25) is 0 Å². The molecule has 2 atom stereocenters. The van der Waals surface area contributed by atoms with E-state index in [1.165, 1.54) is 212 Å². The van der Waals surface area contributed by atoms with Crippen molar-refractivity contribution in [1.82, 2.24) is 5.32 Å². The number of amides is 1. The van der Waals surface area contributed by atoms with Crippen molar-refractivity contribution >= 4 is 16.0 Å². The zero-order valence-electron chi connectivity index (χ0n) is 37.3. The summed E-state index contributed by atoms with van der Waals surface area (Å²) >= 11 is 0. The summed E-state index contributed by atoms with van der Waals surface area (Å²) in [5, 5.41) is 13.3. The summed E-state index contributed by atoms with van der Waals surface area (Å²) in [7, 11) is -4.35. The molecule has 0 aromatic heterocycles. The number of carbonyl (C=O) groups is 1. The lowest BCUT2D eigenvalue weighted by atomic mass is 10.0. The van der Waals surface area contributed by atoms with E-state index in [0.29, 0.717) is 6.42 Å². The monoisotopic (exact) mass is 810 g/mol. The Kier molecular flexibility index (Phi) is 42.5. The SMILES string of the molecule is CCCCCCCCCCCCCC/C=C/CC/C=C/C(O)C(CS(=O)(=O)O)NC(=O)CCCCCCCCCCCCCCCCCCCCCCCCC. The summed E-state index contributed by atoms with van der Waals surface area (Å²) in [5.74, 6) is -0.988. The molecule has 0 aliphatic heterocycles. The third-order valence-electron chi connectivity index (χ3n) is 11.4. The number of aliphatic hydroxyl groups is 1. The Hall–Kier alpha value is -1.18. The Morgan fingerprint density at radius 2 is 0.768 bits per heavy atom. The minimum Gasteiger partial charge on any atom is -0.387 e. The molecule has 0 heterocycles. The average molecular weight is 810 g/mol. The molecule has 7 heteroatoms. The molecule has 332 valence electrons. The quantitative estimate of drug-likeness (QED) is 0.0323. The van der Waals surface area contributed by atoms with Crippen LogP contribution >= 0.6 is 0 Å². The molecule has 2 unspecified atom stereocenters. The third kappa shape index (κ3) is 43.9. The predicted octanol–water partition coefficient (Wildman–Crippen LogP) is 15.1. The fraction of sp³-hybridized carbons (Fsp3) is 0.898. The van der Waals surface area contributed by atoms with Crippen LogP contribution in [0.4, 0.5) is 0 Å². The van der Waals surface area contributed by atoms with Crippen molar-refractivity contribution in [2.75, 3.05) is 5.75 Å². The molecule has 0 aliphatic carbocycles. The van der Waals surface area contributed by atoms with Crippen LogP contribution in [0.25, 0.3) is 0 Å². The molecule has 0 radical (unpaired) electrons. The van der Waals surface area contributed by atoms with Gasteiger partial charge in [-0.1, -0.05) is 250 Å². The normalized spacial score (nSPS) is 13.3. The summed E-state index contributed by atoms with van der Waals surface area (Å²) in [6.45, 7) is 4.55. The van der Waals surface area contributed by atoms with Crippen LogP contribution in [-0.4, -0.2) is 41.9 Å². The van der Waals surface area contributed by atoms with Gasteiger partial charge in [0.1, 0.15) is 0 Å². The topological polar surface area (TPSA) is 104 Å². The summed E-state index contributed by atoms with van der Waals surface area (Å²) in [4.78, 5) is 12.6. The number of nitrogens with one attached hydrogen (secondary N) is 1. The molecule has 6 nitrogen and oxygen atoms in total. The Morgan fingerprint density at radius 3 is 1.12 bits per heavy atom. The number of hydrogen-bond acceptors (Lipinski definition) is 4. The maximum atomic E-state index is 12.6. The van der Waals surface area contributed by atoms with Gasteiger partial charge in [0.25, 0.3) is 10.1 Å². The van der Waals surface area contributed by atoms with E-state index in [9.17, 15) is 22.9 Å². The standard InChI is InChI=1S/C49H95NO5S/c1-3-5-7-9-11-13-15-17-19-21-23-24-25-26-27-29-31-33-35-37-39-41-43-45-49(52)50-47(46-56(53,54)55)48(51)44-42-40-38-36-34-32-30-28-22-20-18-16-14-12-10-8-6-4-2/h34,36,42,44,47-48,51H,3-33,35,37-41,43,45-46H2,1-2H3,(H,50,52)(H,53,54,55)/b36-34+,44-42+. The van der Waals surface area contributed by atoms with Crippen LogP contribution in [0, 0.1) is 0 Å². The minimum atomic E-state index is -4.35. The minimum absolute atomic E-state index is 0.282. The highest BCUT2D eigenvalue weighted by atomic mass is 32.2. The Labute approximate surface area is 349 Å². The fourth-order valence-electron chi connectivity index (χ4n) is 7.70. The highest BCUT2D eigenvalue weighted by Gasteiger charge is 2.24. The molecule has 0 bridgehead atoms. The van der Waals surface area contributed by atoms with Crippen molar-refractivity contribution in [2.45, 2.75) is 276 Å². The maximum Gasteiger partial charge on any atom is 0.267 e. The third-order valence-corrected chi connectivity index (χ3v) is 12.2. The van der Waals surface area contributed by atoms with Crippen LogP contribution < -0.4 is 5.32 Å². The second kappa shape index (κ2) is 43.4. The van der Waals surface area contributed by atoms with Gasteiger partial charge in [-0.05, 0) is 32.1 Å². The molecule has 0 aromatic rings. The number of carbonyl (C=O) groups excluding carboxylic acids is 1. The lowest BCUT2D eigenvalue weighted by Gasteiger charge is -2.21. The Morgan fingerprint density at radius 1 is 0.464 bits per heavy atom. The van der Waals surface area contributed by atoms with E-state index in [1.54, 1.807) is 0 Å². The van der Waals surface area contributed by atoms with E-state index in [-0.39, 0.29) is 5.91 Å². The van der Waals surface area contributed by atoms with Gasteiger partial charge in [0, 0.05) is 6.42 Å². The van der Waals surface area contributed by atoms with Crippen LogP contribution in [0.15, 0.2) is 24.3 Å². The molecule has 3 N–H and O–H groups in total. The molecule has 0 fully saturated rings. The first-order chi connectivity index (χ1) is 27.3. The molecule has 0 spiro atoms. The molecule has 0 rings (SSSR count). The van der Waals surface area contributed by atoms with Gasteiger partial charge in [0.05, 0.1) is 17.9 Å². The van der Waals surface area contributed by atoms with Crippen molar-refractivity contribution in [3.8, 4) is 0 Å². The van der Waals surface area contributed by atoms with Gasteiger partial charge in [0.2, 0.25) is 5.91 Å². The largest absolute Gasteiger partial charge is 0.387 e. The summed E-state index contributed by atoms with van der Waals surface area (Å²) in [6, 6.07) is -1.07. The molecule has 56 heavy (non-hydrogen) atoms. The van der Waals surface area contributed by atoms with Gasteiger partial charge >= 0.3 is 0 Å². The van der Waals surface area contributed by atoms with Gasteiger partial charge in [-0.2, -0.15) is 8.42 Å². The van der Waals surface area contributed by atoms with E-state index in [2.05, 4.69) is 31.3 Å². The smallest absolute Gasteiger partial charge is 0.267 e. The van der Waals surface area contributed by atoms with E-state index in [4.69, 9.17) is 0 Å². The van der Waals surface area contributed by atoms with Gasteiger partial charge in [-0.3, -0.25) is 9.35 Å². The maximum absolute atomic E-state index is 12.6. The van der Waals surface area contributed by atoms with E-state index >= 15 is 0 Å². The molecule has 0 aliphatic rings. The highest BCUT2D eigenvalue weighted by molar-refractivity contribution is 7.85.